The van der Waals surface area contributed by atoms with Gasteiger partial charge in [0.15, 0.2) is 0 Å². The van der Waals surface area contributed by atoms with Gasteiger partial charge in [-0.05, 0) is 34.0 Å². The Labute approximate surface area is 108 Å². The molecule has 0 radical (unpaired) electrons. The predicted molar refractivity (Wildman–Crippen MR) is 66.2 cm³/mol. The van der Waals surface area contributed by atoms with Crippen molar-refractivity contribution in [3.05, 3.63) is 33.8 Å². The number of carboxylic acids is 1. The van der Waals surface area contributed by atoms with E-state index in [0.29, 0.717) is 4.47 Å². The standard InChI is InChI=1S/C12H13BrO4/c1-7(2)6-17-12(16)10-8(11(14)15)4-3-5-9(10)13/h3-5,7H,6H2,1-2H3,(H,14,15). The summed E-state index contributed by atoms with van der Waals surface area (Å²) in [7, 11) is 0. The summed E-state index contributed by atoms with van der Waals surface area (Å²) < 4.78 is 5.45. The average molecular weight is 301 g/mol. The van der Waals surface area contributed by atoms with Crippen LogP contribution in [0.4, 0.5) is 0 Å². The molecular formula is C12H13BrO4. The molecule has 5 heteroatoms. The lowest BCUT2D eigenvalue weighted by molar-refractivity contribution is 0.0449. The van der Waals surface area contributed by atoms with Crippen LogP contribution in [0.3, 0.4) is 0 Å². The molecule has 0 aliphatic rings. The Morgan fingerprint density at radius 3 is 2.59 bits per heavy atom. The van der Waals surface area contributed by atoms with Crippen molar-refractivity contribution in [1.29, 1.82) is 0 Å². The van der Waals surface area contributed by atoms with E-state index in [9.17, 15) is 9.59 Å². The number of benzene rings is 1. The van der Waals surface area contributed by atoms with Gasteiger partial charge in [-0.1, -0.05) is 19.9 Å². The molecule has 0 unspecified atom stereocenters. The number of aromatic carboxylic acids is 1. The van der Waals surface area contributed by atoms with E-state index in [1.54, 1.807) is 12.1 Å². The third-order valence-electron chi connectivity index (χ3n) is 2.00. The lowest BCUT2D eigenvalue weighted by Gasteiger charge is -2.10. The molecule has 0 aromatic heterocycles. The maximum absolute atomic E-state index is 11.8. The highest BCUT2D eigenvalue weighted by molar-refractivity contribution is 9.10. The predicted octanol–water partition coefficient (Wildman–Crippen LogP) is 2.96. The monoisotopic (exact) mass is 300 g/mol. The van der Waals surface area contributed by atoms with Crippen LogP contribution in [0.25, 0.3) is 0 Å². The molecule has 0 bridgehead atoms. The SMILES string of the molecule is CC(C)COC(=O)c1c(Br)cccc1C(=O)O. The summed E-state index contributed by atoms with van der Waals surface area (Å²) in [5.41, 5.74) is -0.00576. The summed E-state index contributed by atoms with van der Waals surface area (Å²) in [4.78, 5) is 22.8. The molecule has 0 spiro atoms. The molecular weight excluding hydrogens is 288 g/mol. The number of esters is 1. The van der Waals surface area contributed by atoms with E-state index in [1.165, 1.54) is 6.07 Å². The Bertz CT molecular complexity index is 440. The van der Waals surface area contributed by atoms with Crippen molar-refractivity contribution in [2.45, 2.75) is 13.8 Å². The fourth-order valence-corrected chi connectivity index (χ4v) is 1.75. The third kappa shape index (κ3) is 3.56. The van der Waals surface area contributed by atoms with E-state index in [2.05, 4.69) is 15.9 Å². The Hall–Kier alpha value is -1.36. The number of hydrogen-bond donors (Lipinski definition) is 1. The first-order chi connectivity index (χ1) is 7.93. The van der Waals surface area contributed by atoms with Crippen molar-refractivity contribution in [1.82, 2.24) is 0 Å². The van der Waals surface area contributed by atoms with E-state index in [-0.39, 0.29) is 23.7 Å². The molecule has 92 valence electrons. The molecule has 0 amide bonds. The van der Waals surface area contributed by atoms with Gasteiger partial charge in [-0.15, -0.1) is 0 Å². The van der Waals surface area contributed by atoms with Crippen LogP contribution in [0.2, 0.25) is 0 Å². The molecule has 4 nitrogen and oxygen atoms in total. The number of carboxylic acid groups (broad SMARTS) is 1. The largest absolute Gasteiger partial charge is 0.478 e. The Balaban J connectivity index is 3.03. The Morgan fingerprint density at radius 2 is 2.06 bits per heavy atom. The second-order valence-corrected chi connectivity index (χ2v) is 4.81. The number of hydrogen-bond acceptors (Lipinski definition) is 3. The van der Waals surface area contributed by atoms with Crippen LogP contribution in [-0.4, -0.2) is 23.7 Å². The summed E-state index contributed by atoms with van der Waals surface area (Å²) in [6.45, 7) is 4.08. The van der Waals surface area contributed by atoms with Gasteiger partial charge < -0.3 is 9.84 Å². The van der Waals surface area contributed by atoms with Gasteiger partial charge in [0.05, 0.1) is 17.7 Å². The van der Waals surface area contributed by atoms with E-state index < -0.39 is 11.9 Å². The lowest BCUT2D eigenvalue weighted by atomic mass is 10.1. The zero-order valence-electron chi connectivity index (χ0n) is 9.57. The van der Waals surface area contributed by atoms with E-state index in [1.807, 2.05) is 13.8 Å². The van der Waals surface area contributed by atoms with Crippen LogP contribution in [0.15, 0.2) is 22.7 Å². The van der Waals surface area contributed by atoms with Crippen LogP contribution in [0.1, 0.15) is 34.6 Å². The highest BCUT2D eigenvalue weighted by Crippen LogP contribution is 2.22. The summed E-state index contributed by atoms with van der Waals surface area (Å²) in [5.74, 6) is -1.57. The van der Waals surface area contributed by atoms with Gasteiger partial charge in [-0.25, -0.2) is 9.59 Å². The van der Waals surface area contributed by atoms with Crippen LogP contribution < -0.4 is 0 Å². The molecule has 0 saturated heterocycles. The van der Waals surface area contributed by atoms with Gasteiger partial charge in [-0.2, -0.15) is 0 Å². The van der Waals surface area contributed by atoms with Crippen molar-refractivity contribution in [3.63, 3.8) is 0 Å². The number of ether oxygens (including phenoxy) is 1. The first-order valence-corrected chi connectivity index (χ1v) is 5.91. The minimum Gasteiger partial charge on any atom is -0.478 e. The second-order valence-electron chi connectivity index (χ2n) is 3.96. The topological polar surface area (TPSA) is 63.6 Å². The lowest BCUT2D eigenvalue weighted by Crippen LogP contribution is -2.15. The molecule has 0 saturated carbocycles. The first-order valence-electron chi connectivity index (χ1n) is 5.12. The van der Waals surface area contributed by atoms with Crippen molar-refractivity contribution in [2.75, 3.05) is 6.61 Å². The highest BCUT2D eigenvalue weighted by Gasteiger charge is 2.20. The van der Waals surface area contributed by atoms with Crippen molar-refractivity contribution in [2.24, 2.45) is 5.92 Å². The number of carbonyl (C=O) groups excluding carboxylic acids is 1. The molecule has 0 fully saturated rings. The summed E-state index contributed by atoms with van der Waals surface area (Å²) in [6, 6.07) is 4.55. The summed E-state index contributed by atoms with van der Waals surface area (Å²) in [5, 5.41) is 8.99. The summed E-state index contributed by atoms with van der Waals surface area (Å²) >= 11 is 3.16. The Morgan fingerprint density at radius 1 is 1.41 bits per heavy atom. The number of rotatable bonds is 4. The number of halogens is 1. The molecule has 0 aliphatic carbocycles. The van der Waals surface area contributed by atoms with E-state index in [0.717, 1.165) is 0 Å². The third-order valence-corrected chi connectivity index (χ3v) is 2.66. The molecule has 1 aromatic carbocycles. The molecule has 0 heterocycles. The van der Waals surface area contributed by atoms with Gasteiger partial charge in [0.2, 0.25) is 0 Å². The quantitative estimate of drug-likeness (QED) is 0.868. The zero-order chi connectivity index (χ0) is 13.0. The van der Waals surface area contributed by atoms with Gasteiger partial charge >= 0.3 is 11.9 Å². The second kappa shape index (κ2) is 5.82. The van der Waals surface area contributed by atoms with Crippen LogP contribution in [0.5, 0.6) is 0 Å². The molecule has 0 aliphatic heterocycles. The van der Waals surface area contributed by atoms with E-state index in [4.69, 9.17) is 9.84 Å². The first kappa shape index (κ1) is 13.7. The summed E-state index contributed by atoms with van der Waals surface area (Å²) in [6.07, 6.45) is 0. The minimum absolute atomic E-state index is 0.0562. The normalized spacial score (nSPS) is 10.4. The molecule has 1 rings (SSSR count). The fourth-order valence-electron chi connectivity index (χ4n) is 1.22. The molecule has 17 heavy (non-hydrogen) atoms. The van der Waals surface area contributed by atoms with Gasteiger partial charge in [0, 0.05) is 4.47 Å². The van der Waals surface area contributed by atoms with Crippen molar-refractivity contribution < 1.29 is 19.4 Å². The van der Waals surface area contributed by atoms with Gasteiger partial charge in [-0.3, -0.25) is 0 Å². The van der Waals surface area contributed by atoms with Crippen LogP contribution >= 0.6 is 15.9 Å². The maximum Gasteiger partial charge on any atom is 0.340 e. The van der Waals surface area contributed by atoms with Crippen LogP contribution in [0, 0.1) is 5.92 Å². The zero-order valence-corrected chi connectivity index (χ0v) is 11.2. The smallest absolute Gasteiger partial charge is 0.340 e. The average Bonchev–Trinajstić information content (AvgIpc) is 2.25. The van der Waals surface area contributed by atoms with Gasteiger partial charge in [0.25, 0.3) is 0 Å². The van der Waals surface area contributed by atoms with Gasteiger partial charge in [0.1, 0.15) is 0 Å². The molecule has 1 aromatic rings. The molecule has 0 atom stereocenters. The van der Waals surface area contributed by atoms with Crippen molar-refractivity contribution in [3.8, 4) is 0 Å². The fraction of sp³-hybridized carbons (Fsp3) is 0.333. The highest BCUT2D eigenvalue weighted by atomic mass is 79.9. The van der Waals surface area contributed by atoms with Crippen molar-refractivity contribution >= 4 is 27.9 Å². The van der Waals surface area contributed by atoms with E-state index >= 15 is 0 Å². The maximum atomic E-state index is 11.8. The molecule has 1 N–H and O–H groups in total. The minimum atomic E-state index is -1.15. The number of carbonyl (C=O) groups is 2. The Kier molecular flexibility index (Phi) is 4.69. The van der Waals surface area contributed by atoms with Crippen LogP contribution in [-0.2, 0) is 4.74 Å².